The first-order chi connectivity index (χ1) is 8.99. The molecule has 0 aliphatic heterocycles. The number of furan rings is 1. The predicted octanol–water partition coefficient (Wildman–Crippen LogP) is 2.61. The molecule has 0 fully saturated rings. The van der Waals surface area contributed by atoms with Crippen LogP contribution in [0.1, 0.15) is 21.7 Å². The molecule has 1 amide bonds. The standard InChI is InChI=1S/C13H11FN2O2S/c1-7-4-5-18-11(7)13(17)16-8-2-3-10(14)9(6-8)12(15)19/h2-6H,1H3,(H2,15,19)(H,16,17). The third-order valence-electron chi connectivity index (χ3n) is 2.56. The molecule has 4 nitrogen and oxygen atoms in total. The molecule has 98 valence electrons. The van der Waals surface area contributed by atoms with Crippen LogP contribution in [-0.2, 0) is 0 Å². The van der Waals surface area contributed by atoms with Crippen molar-refractivity contribution in [1.29, 1.82) is 0 Å². The van der Waals surface area contributed by atoms with Gasteiger partial charge in [0.25, 0.3) is 5.91 Å². The van der Waals surface area contributed by atoms with E-state index in [4.69, 9.17) is 22.4 Å². The van der Waals surface area contributed by atoms with Gasteiger partial charge in [-0.1, -0.05) is 12.2 Å². The molecule has 1 aromatic carbocycles. The van der Waals surface area contributed by atoms with Crippen LogP contribution in [0.5, 0.6) is 0 Å². The third kappa shape index (κ3) is 2.79. The van der Waals surface area contributed by atoms with Crippen LogP contribution in [0.4, 0.5) is 10.1 Å². The largest absolute Gasteiger partial charge is 0.459 e. The maximum absolute atomic E-state index is 13.4. The molecule has 0 aliphatic rings. The molecule has 1 heterocycles. The van der Waals surface area contributed by atoms with Crippen LogP contribution in [0.25, 0.3) is 0 Å². The minimum absolute atomic E-state index is 0.0669. The Morgan fingerprint density at radius 3 is 2.74 bits per heavy atom. The Kier molecular flexibility index (Phi) is 3.62. The van der Waals surface area contributed by atoms with Crippen LogP contribution in [0, 0.1) is 12.7 Å². The Hall–Kier alpha value is -2.21. The lowest BCUT2D eigenvalue weighted by Crippen LogP contribution is -2.15. The van der Waals surface area contributed by atoms with Gasteiger partial charge in [0.15, 0.2) is 5.76 Å². The number of carbonyl (C=O) groups is 1. The highest BCUT2D eigenvalue weighted by Gasteiger charge is 2.14. The van der Waals surface area contributed by atoms with Gasteiger partial charge in [-0.3, -0.25) is 4.79 Å². The van der Waals surface area contributed by atoms with Gasteiger partial charge in [-0.05, 0) is 31.2 Å². The Morgan fingerprint density at radius 2 is 2.16 bits per heavy atom. The van der Waals surface area contributed by atoms with E-state index in [2.05, 4.69) is 5.32 Å². The molecule has 0 saturated carbocycles. The van der Waals surface area contributed by atoms with E-state index < -0.39 is 11.7 Å². The number of rotatable bonds is 3. The molecule has 2 rings (SSSR count). The Balaban J connectivity index is 2.25. The molecular weight excluding hydrogens is 267 g/mol. The number of halogens is 1. The van der Waals surface area contributed by atoms with Crippen LogP contribution >= 0.6 is 12.2 Å². The zero-order valence-corrected chi connectivity index (χ0v) is 10.9. The first kappa shape index (κ1) is 13.2. The van der Waals surface area contributed by atoms with Gasteiger partial charge in [0, 0.05) is 16.8 Å². The van der Waals surface area contributed by atoms with Gasteiger partial charge >= 0.3 is 0 Å². The molecule has 1 aromatic heterocycles. The van der Waals surface area contributed by atoms with Crippen LogP contribution in [0.2, 0.25) is 0 Å². The summed E-state index contributed by atoms with van der Waals surface area (Å²) in [4.78, 5) is 11.8. The fourth-order valence-corrected chi connectivity index (χ4v) is 1.74. The maximum Gasteiger partial charge on any atom is 0.291 e. The van der Waals surface area contributed by atoms with Gasteiger partial charge in [0.2, 0.25) is 0 Å². The Labute approximate surface area is 114 Å². The lowest BCUT2D eigenvalue weighted by molar-refractivity contribution is 0.0996. The number of thiocarbonyl (C=S) groups is 1. The van der Waals surface area contributed by atoms with E-state index in [0.29, 0.717) is 11.3 Å². The number of anilines is 1. The highest BCUT2D eigenvalue weighted by Crippen LogP contribution is 2.17. The summed E-state index contributed by atoms with van der Waals surface area (Å²) >= 11 is 4.73. The Bertz CT molecular complexity index is 652. The van der Waals surface area contributed by atoms with Crippen molar-refractivity contribution in [3.05, 3.63) is 53.2 Å². The smallest absolute Gasteiger partial charge is 0.291 e. The van der Waals surface area contributed by atoms with Crippen molar-refractivity contribution in [3.8, 4) is 0 Å². The average molecular weight is 278 g/mol. The predicted molar refractivity (Wildman–Crippen MR) is 73.7 cm³/mol. The van der Waals surface area contributed by atoms with Crippen LogP contribution in [0.3, 0.4) is 0 Å². The van der Waals surface area contributed by atoms with Crippen molar-refractivity contribution in [2.45, 2.75) is 6.92 Å². The summed E-state index contributed by atoms with van der Waals surface area (Å²) in [6.07, 6.45) is 1.43. The van der Waals surface area contributed by atoms with Crippen molar-refractivity contribution in [3.63, 3.8) is 0 Å². The van der Waals surface area contributed by atoms with Gasteiger partial charge < -0.3 is 15.5 Å². The molecule has 0 atom stereocenters. The minimum Gasteiger partial charge on any atom is -0.459 e. The van der Waals surface area contributed by atoms with E-state index in [1.165, 1.54) is 24.5 Å². The van der Waals surface area contributed by atoms with Gasteiger partial charge in [0.1, 0.15) is 10.8 Å². The SMILES string of the molecule is Cc1ccoc1C(=O)Nc1ccc(F)c(C(N)=S)c1. The second-order valence-electron chi connectivity index (χ2n) is 3.95. The molecule has 2 aromatic rings. The number of nitrogens with two attached hydrogens (primary N) is 1. The maximum atomic E-state index is 13.4. The molecule has 3 N–H and O–H groups in total. The van der Waals surface area contributed by atoms with Gasteiger partial charge in [0.05, 0.1) is 6.26 Å². The monoisotopic (exact) mass is 278 g/mol. The van der Waals surface area contributed by atoms with Crippen molar-refractivity contribution in [2.24, 2.45) is 5.73 Å². The summed E-state index contributed by atoms with van der Waals surface area (Å²) in [6, 6.07) is 5.68. The van der Waals surface area contributed by atoms with Crippen molar-refractivity contribution in [1.82, 2.24) is 0 Å². The molecule has 6 heteroatoms. The fraction of sp³-hybridized carbons (Fsp3) is 0.0769. The van der Waals surface area contributed by atoms with Crippen molar-refractivity contribution < 1.29 is 13.6 Å². The summed E-state index contributed by atoms with van der Waals surface area (Å²) < 4.78 is 18.5. The molecule has 0 unspecified atom stereocenters. The lowest BCUT2D eigenvalue weighted by atomic mass is 10.2. The number of aryl methyl sites for hydroxylation is 1. The van der Waals surface area contributed by atoms with E-state index in [9.17, 15) is 9.18 Å². The second-order valence-corrected chi connectivity index (χ2v) is 4.39. The topological polar surface area (TPSA) is 68.3 Å². The molecule has 0 saturated heterocycles. The van der Waals surface area contributed by atoms with Crippen LogP contribution < -0.4 is 11.1 Å². The fourth-order valence-electron chi connectivity index (χ4n) is 1.59. The number of amides is 1. The summed E-state index contributed by atoms with van der Waals surface area (Å²) in [5, 5.41) is 2.59. The molecule has 0 radical (unpaired) electrons. The van der Waals surface area contributed by atoms with E-state index in [1.807, 2.05) is 0 Å². The molecule has 0 spiro atoms. The molecule has 0 aliphatic carbocycles. The number of carbonyl (C=O) groups excluding carboxylic acids is 1. The van der Waals surface area contributed by atoms with Gasteiger partial charge in [-0.25, -0.2) is 4.39 Å². The molecular formula is C13H11FN2O2S. The quantitative estimate of drug-likeness (QED) is 0.847. The van der Waals surface area contributed by atoms with Gasteiger partial charge in [-0.2, -0.15) is 0 Å². The van der Waals surface area contributed by atoms with E-state index >= 15 is 0 Å². The zero-order valence-electron chi connectivity index (χ0n) is 10.1. The number of benzene rings is 1. The summed E-state index contributed by atoms with van der Waals surface area (Å²) in [5.74, 6) is -0.733. The molecule has 0 bridgehead atoms. The van der Waals surface area contributed by atoms with Crippen LogP contribution in [0.15, 0.2) is 34.9 Å². The van der Waals surface area contributed by atoms with Gasteiger partial charge in [-0.15, -0.1) is 0 Å². The third-order valence-corrected chi connectivity index (χ3v) is 2.78. The van der Waals surface area contributed by atoms with E-state index in [1.54, 1.807) is 13.0 Å². The highest BCUT2D eigenvalue weighted by atomic mass is 32.1. The minimum atomic E-state index is -0.528. The number of hydrogen-bond acceptors (Lipinski definition) is 3. The normalized spacial score (nSPS) is 10.2. The first-order valence-electron chi connectivity index (χ1n) is 5.44. The summed E-state index contributed by atoms with van der Waals surface area (Å²) in [5.41, 5.74) is 6.59. The zero-order chi connectivity index (χ0) is 14.0. The lowest BCUT2D eigenvalue weighted by Gasteiger charge is -2.07. The van der Waals surface area contributed by atoms with E-state index in [-0.39, 0.29) is 16.3 Å². The van der Waals surface area contributed by atoms with E-state index in [0.717, 1.165) is 0 Å². The highest BCUT2D eigenvalue weighted by molar-refractivity contribution is 7.80. The second kappa shape index (κ2) is 5.19. The molecule has 19 heavy (non-hydrogen) atoms. The number of nitrogens with one attached hydrogen (secondary N) is 1. The van der Waals surface area contributed by atoms with Crippen LogP contribution in [-0.4, -0.2) is 10.9 Å². The average Bonchev–Trinajstić information content (AvgIpc) is 2.77. The number of hydrogen-bond donors (Lipinski definition) is 2. The Morgan fingerprint density at radius 1 is 1.42 bits per heavy atom. The summed E-state index contributed by atoms with van der Waals surface area (Å²) in [6.45, 7) is 1.75. The van der Waals surface area contributed by atoms with Crippen molar-refractivity contribution in [2.75, 3.05) is 5.32 Å². The first-order valence-corrected chi connectivity index (χ1v) is 5.84. The van der Waals surface area contributed by atoms with Crippen molar-refractivity contribution >= 4 is 28.8 Å². The summed E-state index contributed by atoms with van der Waals surface area (Å²) in [7, 11) is 0.